The summed E-state index contributed by atoms with van der Waals surface area (Å²) >= 11 is 5.91. The number of aryl methyl sites for hydroxylation is 1. The number of carboxylic acids is 1. The van der Waals surface area contributed by atoms with Crippen molar-refractivity contribution in [2.45, 2.75) is 39.2 Å². The van der Waals surface area contributed by atoms with Gasteiger partial charge in [-0.05, 0) is 51.0 Å². The third-order valence-electron chi connectivity index (χ3n) is 2.94. The monoisotopic (exact) mass is 313 g/mol. The summed E-state index contributed by atoms with van der Waals surface area (Å²) in [6, 6.07) is 5.16. The first-order chi connectivity index (χ1) is 9.69. The van der Waals surface area contributed by atoms with E-state index in [9.17, 15) is 9.59 Å². The fourth-order valence-corrected chi connectivity index (χ4v) is 1.87. The molecule has 0 saturated carbocycles. The van der Waals surface area contributed by atoms with E-state index in [1.807, 2.05) is 6.92 Å². The minimum absolute atomic E-state index is 0.00448. The molecule has 1 aromatic rings. The molecule has 1 amide bonds. The molecule has 116 valence electrons. The highest BCUT2D eigenvalue weighted by Crippen LogP contribution is 2.21. The first-order valence-electron chi connectivity index (χ1n) is 6.61. The van der Waals surface area contributed by atoms with E-state index in [-0.39, 0.29) is 18.9 Å². The molecule has 0 aromatic heterocycles. The second-order valence-electron chi connectivity index (χ2n) is 5.53. The van der Waals surface area contributed by atoms with E-state index < -0.39 is 11.5 Å². The number of aliphatic carboxylic acids is 1. The van der Waals surface area contributed by atoms with Crippen LogP contribution in [0.25, 0.3) is 0 Å². The van der Waals surface area contributed by atoms with Crippen LogP contribution in [0, 0.1) is 6.92 Å². The van der Waals surface area contributed by atoms with Gasteiger partial charge in [0.15, 0.2) is 6.61 Å². The molecule has 0 heterocycles. The molecule has 1 aromatic carbocycles. The van der Waals surface area contributed by atoms with Crippen LogP contribution in [0.4, 0.5) is 0 Å². The summed E-state index contributed by atoms with van der Waals surface area (Å²) in [5, 5.41) is 12.1. The summed E-state index contributed by atoms with van der Waals surface area (Å²) in [6.45, 7) is 5.28. The predicted molar refractivity (Wildman–Crippen MR) is 80.8 cm³/mol. The zero-order valence-electron chi connectivity index (χ0n) is 12.4. The molecular weight excluding hydrogens is 294 g/mol. The van der Waals surface area contributed by atoms with Crippen LogP contribution in [0.1, 0.15) is 32.3 Å². The zero-order valence-corrected chi connectivity index (χ0v) is 13.2. The highest BCUT2D eigenvalue weighted by Gasteiger charge is 2.21. The van der Waals surface area contributed by atoms with Crippen molar-refractivity contribution in [3.8, 4) is 5.75 Å². The summed E-state index contributed by atoms with van der Waals surface area (Å²) in [6.07, 6.45) is 0.360. The molecule has 2 N–H and O–H groups in total. The average Bonchev–Trinajstić information content (AvgIpc) is 2.37. The number of ether oxygens (including phenoxy) is 1. The molecule has 0 aliphatic rings. The molecule has 0 fully saturated rings. The summed E-state index contributed by atoms with van der Waals surface area (Å²) < 4.78 is 5.39. The molecule has 0 atom stereocenters. The van der Waals surface area contributed by atoms with Gasteiger partial charge in [-0.2, -0.15) is 0 Å². The maximum atomic E-state index is 11.8. The molecule has 0 unspecified atom stereocenters. The maximum absolute atomic E-state index is 11.8. The Hall–Kier alpha value is -1.75. The van der Waals surface area contributed by atoms with Crippen molar-refractivity contribution in [2.24, 2.45) is 0 Å². The quantitative estimate of drug-likeness (QED) is 0.811. The Kier molecular flexibility index (Phi) is 6.03. The van der Waals surface area contributed by atoms with Crippen LogP contribution in [0.2, 0.25) is 5.02 Å². The van der Waals surface area contributed by atoms with Crippen LogP contribution in [0.15, 0.2) is 18.2 Å². The fourth-order valence-electron chi connectivity index (χ4n) is 1.75. The first kappa shape index (κ1) is 17.3. The van der Waals surface area contributed by atoms with Crippen molar-refractivity contribution in [1.29, 1.82) is 0 Å². The van der Waals surface area contributed by atoms with Gasteiger partial charge in [0.05, 0.1) is 0 Å². The van der Waals surface area contributed by atoms with E-state index >= 15 is 0 Å². The summed E-state index contributed by atoms with van der Waals surface area (Å²) in [4.78, 5) is 22.4. The van der Waals surface area contributed by atoms with Gasteiger partial charge >= 0.3 is 5.97 Å². The fraction of sp³-hybridized carbons (Fsp3) is 0.467. The highest BCUT2D eigenvalue weighted by atomic mass is 35.5. The van der Waals surface area contributed by atoms with E-state index in [0.29, 0.717) is 17.2 Å². The van der Waals surface area contributed by atoms with E-state index in [0.717, 1.165) is 5.56 Å². The number of nitrogens with one attached hydrogen (secondary N) is 1. The molecular formula is C15H20ClNO4. The first-order valence-corrected chi connectivity index (χ1v) is 6.99. The van der Waals surface area contributed by atoms with E-state index in [2.05, 4.69) is 5.32 Å². The second-order valence-corrected chi connectivity index (χ2v) is 5.93. The van der Waals surface area contributed by atoms with Crippen LogP contribution in [-0.2, 0) is 9.59 Å². The minimum atomic E-state index is -0.884. The topological polar surface area (TPSA) is 75.6 Å². The molecule has 0 saturated heterocycles. The van der Waals surface area contributed by atoms with Gasteiger partial charge in [-0.3, -0.25) is 9.59 Å². The van der Waals surface area contributed by atoms with E-state index in [1.165, 1.54) is 0 Å². The molecule has 0 bridgehead atoms. The third-order valence-corrected chi connectivity index (χ3v) is 3.37. The summed E-state index contributed by atoms with van der Waals surface area (Å²) in [7, 11) is 0. The third kappa shape index (κ3) is 6.49. The number of hydrogen-bond acceptors (Lipinski definition) is 3. The lowest BCUT2D eigenvalue weighted by Gasteiger charge is -2.25. The van der Waals surface area contributed by atoms with E-state index in [1.54, 1.807) is 32.0 Å². The van der Waals surface area contributed by atoms with Gasteiger partial charge in [0.25, 0.3) is 5.91 Å². The number of benzene rings is 1. The molecule has 21 heavy (non-hydrogen) atoms. The maximum Gasteiger partial charge on any atom is 0.303 e. The lowest BCUT2D eigenvalue weighted by Crippen LogP contribution is -2.45. The van der Waals surface area contributed by atoms with Gasteiger partial charge in [-0.25, -0.2) is 0 Å². The number of carboxylic acid groups (broad SMARTS) is 1. The van der Waals surface area contributed by atoms with Crippen LogP contribution >= 0.6 is 11.6 Å². The lowest BCUT2D eigenvalue weighted by atomic mass is 9.98. The van der Waals surface area contributed by atoms with Crippen LogP contribution in [0.5, 0.6) is 5.75 Å². The molecule has 5 nitrogen and oxygen atoms in total. The number of hydrogen-bond donors (Lipinski definition) is 2. The molecule has 1 rings (SSSR count). The van der Waals surface area contributed by atoms with Crippen LogP contribution in [0.3, 0.4) is 0 Å². The Labute approximate surface area is 129 Å². The molecule has 0 radical (unpaired) electrons. The van der Waals surface area contributed by atoms with Crippen LogP contribution < -0.4 is 10.1 Å². The van der Waals surface area contributed by atoms with Crippen molar-refractivity contribution in [1.82, 2.24) is 5.32 Å². The summed E-state index contributed by atoms with van der Waals surface area (Å²) in [5.41, 5.74) is 0.283. The predicted octanol–water partition coefficient (Wildman–Crippen LogP) is 2.79. The number of halogens is 1. The summed E-state index contributed by atoms with van der Waals surface area (Å²) in [5.74, 6) is -0.612. The van der Waals surface area contributed by atoms with Gasteiger partial charge < -0.3 is 15.2 Å². The molecule has 0 aliphatic carbocycles. The standard InChI is InChI=1S/C15H20ClNO4/c1-10-8-11(4-5-12(10)16)21-9-13(18)17-15(2,3)7-6-14(19)20/h4-5,8H,6-7,9H2,1-3H3,(H,17,18)(H,19,20). The second kappa shape index (κ2) is 7.31. The zero-order chi connectivity index (χ0) is 16.0. The van der Waals surface area contributed by atoms with Crippen molar-refractivity contribution in [3.63, 3.8) is 0 Å². The minimum Gasteiger partial charge on any atom is -0.484 e. The van der Waals surface area contributed by atoms with Gasteiger partial charge in [0, 0.05) is 17.0 Å². The Morgan fingerprint density at radius 1 is 1.38 bits per heavy atom. The number of carbonyl (C=O) groups excluding carboxylic acids is 1. The number of rotatable bonds is 7. The van der Waals surface area contributed by atoms with E-state index in [4.69, 9.17) is 21.4 Å². The van der Waals surface area contributed by atoms with Crippen molar-refractivity contribution >= 4 is 23.5 Å². The highest BCUT2D eigenvalue weighted by molar-refractivity contribution is 6.31. The Bertz CT molecular complexity index is 528. The molecule has 0 spiro atoms. The molecule has 0 aliphatic heterocycles. The SMILES string of the molecule is Cc1cc(OCC(=O)NC(C)(C)CCC(=O)O)ccc1Cl. The van der Waals surface area contributed by atoms with Crippen LogP contribution in [-0.4, -0.2) is 29.1 Å². The Morgan fingerprint density at radius 2 is 2.05 bits per heavy atom. The number of amides is 1. The normalized spacial score (nSPS) is 11.0. The Morgan fingerprint density at radius 3 is 2.62 bits per heavy atom. The smallest absolute Gasteiger partial charge is 0.303 e. The van der Waals surface area contributed by atoms with Gasteiger partial charge in [0.2, 0.25) is 0 Å². The van der Waals surface area contributed by atoms with Gasteiger partial charge in [-0.15, -0.1) is 0 Å². The van der Waals surface area contributed by atoms with Crippen molar-refractivity contribution < 1.29 is 19.4 Å². The van der Waals surface area contributed by atoms with Gasteiger partial charge in [-0.1, -0.05) is 11.6 Å². The van der Waals surface area contributed by atoms with Crippen molar-refractivity contribution in [2.75, 3.05) is 6.61 Å². The van der Waals surface area contributed by atoms with Crippen molar-refractivity contribution in [3.05, 3.63) is 28.8 Å². The molecule has 6 heteroatoms. The number of carbonyl (C=O) groups is 2. The lowest BCUT2D eigenvalue weighted by molar-refractivity contribution is -0.138. The Balaban J connectivity index is 2.46. The largest absolute Gasteiger partial charge is 0.484 e. The average molecular weight is 314 g/mol. The van der Waals surface area contributed by atoms with Gasteiger partial charge in [0.1, 0.15) is 5.75 Å².